The van der Waals surface area contributed by atoms with E-state index >= 15 is 0 Å². The lowest BCUT2D eigenvalue weighted by Gasteiger charge is -2.19. The van der Waals surface area contributed by atoms with E-state index in [0.29, 0.717) is 4.88 Å². The highest BCUT2D eigenvalue weighted by molar-refractivity contribution is 7.14. The van der Waals surface area contributed by atoms with Crippen LogP contribution in [0.3, 0.4) is 0 Å². The van der Waals surface area contributed by atoms with Crippen LogP contribution in [-0.4, -0.2) is 17.6 Å². The van der Waals surface area contributed by atoms with Crippen LogP contribution in [0, 0.1) is 6.92 Å². The van der Waals surface area contributed by atoms with Crippen molar-refractivity contribution in [1.82, 2.24) is 0 Å². The van der Waals surface area contributed by atoms with Gasteiger partial charge in [-0.3, -0.25) is 0 Å². The number of carboxylic acid groups (broad SMARTS) is 1. The summed E-state index contributed by atoms with van der Waals surface area (Å²) >= 11 is 1.36. The summed E-state index contributed by atoms with van der Waals surface area (Å²) in [6, 6.07) is 10.2. The largest absolute Gasteiger partial charge is 0.477 e. The quantitative estimate of drug-likeness (QED) is 0.932. The van der Waals surface area contributed by atoms with Crippen molar-refractivity contribution in [2.24, 2.45) is 0 Å². The summed E-state index contributed by atoms with van der Waals surface area (Å²) in [5.41, 5.74) is 3.79. The first-order valence-corrected chi connectivity index (χ1v) is 7.12. The normalized spacial score (nSPS) is 13.6. The number of aryl methyl sites for hydroxylation is 1. The molecule has 1 aliphatic rings. The van der Waals surface area contributed by atoms with Crippen molar-refractivity contribution in [2.75, 3.05) is 11.4 Å². The number of hydrogen-bond donors (Lipinski definition) is 1. The molecule has 3 rings (SSSR count). The van der Waals surface area contributed by atoms with Gasteiger partial charge in [0, 0.05) is 23.7 Å². The predicted molar refractivity (Wildman–Crippen MR) is 77.2 cm³/mol. The van der Waals surface area contributed by atoms with E-state index in [9.17, 15) is 4.79 Å². The second-order valence-electron chi connectivity index (χ2n) is 4.80. The van der Waals surface area contributed by atoms with Crippen LogP contribution in [0.1, 0.15) is 25.7 Å². The van der Waals surface area contributed by atoms with Gasteiger partial charge in [0.2, 0.25) is 0 Å². The summed E-state index contributed by atoms with van der Waals surface area (Å²) in [7, 11) is 0. The minimum atomic E-state index is -0.832. The van der Waals surface area contributed by atoms with Gasteiger partial charge in [-0.2, -0.15) is 0 Å². The predicted octanol–water partition coefficient (Wildman–Crippen LogP) is 3.32. The smallest absolute Gasteiger partial charge is 0.345 e. The highest BCUT2D eigenvalue weighted by Gasteiger charge is 2.20. The van der Waals surface area contributed by atoms with Gasteiger partial charge in [-0.25, -0.2) is 4.79 Å². The first-order chi connectivity index (χ1) is 9.15. The minimum absolute atomic E-state index is 0.431. The molecule has 2 aromatic rings. The van der Waals surface area contributed by atoms with Gasteiger partial charge in [0.1, 0.15) is 4.88 Å². The number of anilines is 1. The minimum Gasteiger partial charge on any atom is -0.477 e. The molecule has 1 aliphatic heterocycles. The average Bonchev–Trinajstić information content (AvgIpc) is 2.96. The van der Waals surface area contributed by atoms with E-state index < -0.39 is 5.97 Å². The standard InChI is InChI=1S/C15H15NO2S/c1-10-12(8-14(19-10)15(17)18)9-16-7-6-11-4-2-3-5-13(11)16/h2-5,8H,6-7,9H2,1H3,(H,17,18). The van der Waals surface area contributed by atoms with Crippen molar-refractivity contribution in [3.8, 4) is 0 Å². The fourth-order valence-electron chi connectivity index (χ4n) is 2.56. The Kier molecular flexibility index (Phi) is 3.03. The van der Waals surface area contributed by atoms with Gasteiger partial charge in [-0.1, -0.05) is 18.2 Å². The molecule has 0 fully saturated rings. The number of thiophene rings is 1. The molecule has 2 heterocycles. The molecule has 0 unspecified atom stereocenters. The number of para-hydroxylation sites is 1. The monoisotopic (exact) mass is 273 g/mol. The molecule has 0 radical (unpaired) electrons. The second kappa shape index (κ2) is 4.70. The summed E-state index contributed by atoms with van der Waals surface area (Å²) in [5, 5.41) is 9.04. The summed E-state index contributed by atoms with van der Waals surface area (Å²) < 4.78 is 0. The number of nitrogens with zero attached hydrogens (tertiary/aromatic N) is 1. The van der Waals surface area contributed by atoms with E-state index in [-0.39, 0.29) is 0 Å². The molecular formula is C15H15NO2S. The first kappa shape index (κ1) is 12.2. The third kappa shape index (κ3) is 2.24. The summed E-state index contributed by atoms with van der Waals surface area (Å²) in [5.74, 6) is -0.832. The highest BCUT2D eigenvalue weighted by atomic mass is 32.1. The SMILES string of the molecule is Cc1sc(C(=O)O)cc1CN1CCc2ccccc21. The van der Waals surface area contributed by atoms with Crippen molar-refractivity contribution in [3.05, 3.63) is 51.2 Å². The van der Waals surface area contributed by atoms with Crippen molar-refractivity contribution in [2.45, 2.75) is 19.9 Å². The number of fused-ring (bicyclic) bond motifs is 1. The van der Waals surface area contributed by atoms with E-state index in [1.165, 1.54) is 22.6 Å². The van der Waals surface area contributed by atoms with E-state index in [1.807, 2.05) is 13.0 Å². The molecule has 3 nitrogen and oxygen atoms in total. The lowest BCUT2D eigenvalue weighted by Crippen LogP contribution is -2.19. The van der Waals surface area contributed by atoms with E-state index in [4.69, 9.17) is 5.11 Å². The van der Waals surface area contributed by atoms with Gasteiger partial charge in [-0.05, 0) is 36.6 Å². The van der Waals surface area contributed by atoms with Crippen LogP contribution in [0.5, 0.6) is 0 Å². The lowest BCUT2D eigenvalue weighted by molar-refractivity contribution is 0.0702. The van der Waals surface area contributed by atoms with Crippen LogP contribution in [0.4, 0.5) is 5.69 Å². The Labute approximate surface area is 116 Å². The topological polar surface area (TPSA) is 40.5 Å². The van der Waals surface area contributed by atoms with Gasteiger partial charge in [-0.15, -0.1) is 11.3 Å². The van der Waals surface area contributed by atoms with Gasteiger partial charge in [0.15, 0.2) is 0 Å². The van der Waals surface area contributed by atoms with Crippen LogP contribution >= 0.6 is 11.3 Å². The molecular weight excluding hydrogens is 258 g/mol. The molecule has 0 saturated heterocycles. The number of rotatable bonds is 3. The Morgan fingerprint density at radius 2 is 2.21 bits per heavy atom. The Morgan fingerprint density at radius 1 is 1.42 bits per heavy atom. The fourth-order valence-corrected chi connectivity index (χ4v) is 3.43. The summed E-state index contributed by atoms with van der Waals surface area (Å²) in [6.45, 7) is 3.80. The molecule has 19 heavy (non-hydrogen) atoms. The third-order valence-electron chi connectivity index (χ3n) is 3.58. The van der Waals surface area contributed by atoms with Gasteiger partial charge >= 0.3 is 5.97 Å². The second-order valence-corrected chi connectivity index (χ2v) is 6.05. The van der Waals surface area contributed by atoms with Crippen LogP contribution in [-0.2, 0) is 13.0 Å². The Hall–Kier alpha value is -1.81. The number of benzene rings is 1. The number of hydrogen-bond acceptors (Lipinski definition) is 3. The fraction of sp³-hybridized carbons (Fsp3) is 0.267. The van der Waals surface area contributed by atoms with E-state index in [0.717, 1.165) is 30.0 Å². The summed E-state index contributed by atoms with van der Waals surface area (Å²) in [6.07, 6.45) is 1.07. The van der Waals surface area contributed by atoms with Crippen molar-refractivity contribution in [1.29, 1.82) is 0 Å². The maximum Gasteiger partial charge on any atom is 0.345 e. The van der Waals surface area contributed by atoms with Crippen molar-refractivity contribution in [3.63, 3.8) is 0 Å². The maximum atomic E-state index is 11.0. The van der Waals surface area contributed by atoms with Crippen LogP contribution < -0.4 is 4.90 Å². The van der Waals surface area contributed by atoms with E-state index in [1.54, 1.807) is 0 Å². The molecule has 0 atom stereocenters. The Bertz CT molecular complexity index is 633. The lowest BCUT2D eigenvalue weighted by atomic mass is 10.2. The zero-order valence-electron chi connectivity index (χ0n) is 10.7. The molecule has 98 valence electrons. The van der Waals surface area contributed by atoms with Gasteiger partial charge in [0.25, 0.3) is 0 Å². The summed E-state index contributed by atoms with van der Waals surface area (Å²) in [4.78, 5) is 14.9. The van der Waals surface area contributed by atoms with Crippen molar-refractivity contribution >= 4 is 23.0 Å². The number of aromatic carboxylic acids is 1. The molecule has 1 aromatic heterocycles. The zero-order chi connectivity index (χ0) is 13.4. The van der Waals surface area contributed by atoms with Gasteiger partial charge in [0.05, 0.1) is 0 Å². The van der Waals surface area contributed by atoms with Crippen LogP contribution in [0.25, 0.3) is 0 Å². The third-order valence-corrected chi connectivity index (χ3v) is 4.66. The Morgan fingerprint density at radius 3 is 2.95 bits per heavy atom. The van der Waals surface area contributed by atoms with Crippen molar-refractivity contribution < 1.29 is 9.90 Å². The first-order valence-electron chi connectivity index (χ1n) is 6.30. The van der Waals surface area contributed by atoms with Crippen LogP contribution in [0.2, 0.25) is 0 Å². The maximum absolute atomic E-state index is 11.0. The molecule has 0 aliphatic carbocycles. The zero-order valence-corrected chi connectivity index (χ0v) is 11.5. The Balaban J connectivity index is 1.85. The highest BCUT2D eigenvalue weighted by Crippen LogP contribution is 2.31. The molecule has 0 bridgehead atoms. The molecule has 1 aromatic carbocycles. The molecule has 0 amide bonds. The molecule has 1 N–H and O–H groups in total. The number of carboxylic acids is 1. The number of carbonyl (C=O) groups is 1. The van der Waals surface area contributed by atoms with Crippen LogP contribution in [0.15, 0.2) is 30.3 Å². The average molecular weight is 273 g/mol. The molecule has 0 spiro atoms. The molecule has 0 saturated carbocycles. The molecule has 4 heteroatoms. The van der Waals surface area contributed by atoms with E-state index in [2.05, 4.69) is 29.2 Å². The van der Waals surface area contributed by atoms with Gasteiger partial charge < -0.3 is 10.0 Å².